The highest BCUT2D eigenvalue weighted by molar-refractivity contribution is 7.14. The summed E-state index contributed by atoms with van der Waals surface area (Å²) >= 11 is 1.16. The van der Waals surface area contributed by atoms with Crippen molar-refractivity contribution in [2.45, 2.75) is 19.8 Å². The fraction of sp³-hybridized carbons (Fsp3) is 0.235. The van der Waals surface area contributed by atoms with Crippen LogP contribution in [0.25, 0.3) is 0 Å². The molecule has 1 aromatic heterocycles. The van der Waals surface area contributed by atoms with Gasteiger partial charge in [0.1, 0.15) is 5.75 Å². The van der Waals surface area contributed by atoms with Crippen LogP contribution >= 0.6 is 11.3 Å². The zero-order valence-electron chi connectivity index (χ0n) is 14.0. The lowest BCUT2D eigenvalue weighted by Crippen LogP contribution is -2.18. The summed E-state index contributed by atoms with van der Waals surface area (Å²) in [7, 11) is 0. The normalized spacial score (nSPS) is 11.0. The first-order valence-corrected chi connectivity index (χ1v) is 8.35. The van der Waals surface area contributed by atoms with Crippen LogP contribution in [0, 0.1) is 0 Å². The fourth-order valence-electron chi connectivity index (χ4n) is 1.91. The summed E-state index contributed by atoms with van der Waals surface area (Å²) in [5.41, 5.74) is -0.0187. The van der Waals surface area contributed by atoms with Crippen LogP contribution in [0.3, 0.4) is 0 Å². The maximum atomic E-state index is 12.1. The Bertz CT molecular complexity index is 830. The SMILES string of the molecule is CC(=O)NCc1ccc(C(=O)COC(=O)c2ccc(OC(F)(F)F)cc2)s1. The number of Topliss-reactive ketones (excluding diaryl/α,β-unsaturated/α-hetero) is 1. The maximum Gasteiger partial charge on any atom is 0.573 e. The molecule has 1 amide bonds. The van der Waals surface area contributed by atoms with E-state index in [4.69, 9.17) is 4.74 Å². The van der Waals surface area contributed by atoms with E-state index in [9.17, 15) is 27.6 Å². The van der Waals surface area contributed by atoms with Crippen molar-refractivity contribution in [3.8, 4) is 5.75 Å². The third-order valence-electron chi connectivity index (χ3n) is 3.11. The number of carbonyl (C=O) groups is 3. The lowest BCUT2D eigenvalue weighted by Gasteiger charge is -2.09. The van der Waals surface area contributed by atoms with Crippen LogP contribution in [0.5, 0.6) is 5.75 Å². The second kappa shape index (κ2) is 8.67. The molecular weight excluding hydrogens is 387 g/mol. The van der Waals surface area contributed by atoms with Gasteiger partial charge in [0.2, 0.25) is 11.7 Å². The van der Waals surface area contributed by atoms with Gasteiger partial charge in [0.05, 0.1) is 17.0 Å². The molecule has 1 heterocycles. The Balaban J connectivity index is 1.87. The number of rotatable bonds is 7. The summed E-state index contributed by atoms with van der Waals surface area (Å²) in [5, 5.41) is 2.60. The number of hydrogen-bond acceptors (Lipinski definition) is 6. The molecule has 10 heteroatoms. The van der Waals surface area contributed by atoms with Gasteiger partial charge in [-0.05, 0) is 36.4 Å². The topological polar surface area (TPSA) is 81.7 Å². The average molecular weight is 401 g/mol. The van der Waals surface area contributed by atoms with Crippen molar-refractivity contribution in [1.82, 2.24) is 5.32 Å². The number of ketones is 1. The van der Waals surface area contributed by atoms with Crippen molar-refractivity contribution in [2.24, 2.45) is 0 Å². The van der Waals surface area contributed by atoms with Gasteiger partial charge in [-0.15, -0.1) is 24.5 Å². The van der Waals surface area contributed by atoms with Crippen LogP contribution in [0.1, 0.15) is 31.8 Å². The molecule has 1 N–H and O–H groups in total. The molecule has 0 saturated heterocycles. The Morgan fingerprint density at radius 3 is 2.33 bits per heavy atom. The van der Waals surface area contributed by atoms with Gasteiger partial charge in [-0.25, -0.2) is 4.79 Å². The Hall–Kier alpha value is -2.88. The number of amides is 1. The fourth-order valence-corrected chi connectivity index (χ4v) is 2.78. The molecule has 0 unspecified atom stereocenters. The summed E-state index contributed by atoms with van der Waals surface area (Å²) in [6, 6.07) is 7.38. The number of alkyl halides is 3. The van der Waals surface area contributed by atoms with E-state index in [1.807, 2.05) is 0 Å². The molecule has 0 aliphatic carbocycles. The first kappa shape index (κ1) is 20.4. The Labute approximate surface area is 155 Å². The molecule has 6 nitrogen and oxygen atoms in total. The van der Waals surface area contributed by atoms with Crippen molar-refractivity contribution >= 4 is 29.0 Å². The number of hydrogen-bond donors (Lipinski definition) is 1. The minimum Gasteiger partial charge on any atom is -0.454 e. The molecule has 0 saturated carbocycles. The van der Waals surface area contributed by atoms with Gasteiger partial charge in [-0.1, -0.05) is 0 Å². The molecule has 144 valence electrons. The van der Waals surface area contributed by atoms with Gasteiger partial charge < -0.3 is 14.8 Å². The van der Waals surface area contributed by atoms with Crippen LogP contribution in [0.4, 0.5) is 13.2 Å². The largest absolute Gasteiger partial charge is 0.573 e. The molecule has 2 rings (SSSR count). The van der Waals surface area contributed by atoms with E-state index in [-0.39, 0.29) is 11.5 Å². The number of benzene rings is 1. The van der Waals surface area contributed by atoms with E-state index >= 15 is 0 Å². The Morgan fingerprint density at radius 2 is 1.74 bits per heavy atom. The second-order valence-corrected chi connectivity index (χ2v) is 6.42. The average Bonchev–Trinajstić information content (AvgIpc) is 3.06. The van der Waals surface area contributed by atoms with Gasteiger partial charge in [0.15, 0.2) is 6.61 Å². The molecule has 0 aliphatic rings. The predicted molar refractivity (Wildman–Crippen MR) is 89.6 cm³/mol. The highest BCUT2D eigenvalue weighted by Gasteiger charge is 2.31. The van der Waals surface area contributed by atoms with E-state index in [1.54, 1.807) is 12.1 Å². The standard InChI is InChI=1S/C17H14F3NO5S/c1-10(22)21-8-13-6-7-15(27-13)14(23)9-25-16(24)11-2-4-12(5-3-11)26-17(18,19)20/h2-7H,8-9H2,1H3,(H,21,22). The van der Waals surface area contributed by atoms with Crippen LogP contribution in [-0.4, -0.2) is 30.6 Å². The summed E-state index contributed by atoms with van der Waals surface area (Å²) < 4.78 is 44.8. The smallest absolute Gasteiger partial charge is 0.454 e. The molecule has 2 aromatic rings. The van der Waals surface area contributed by atoms with Crippen molar-refractivity contribution in [3.05, 3.63) is 51.7 Å². The minimum absolute atomic E-state index is 0.0187. The number of esters is 1. The van der Waals surface area contributed by atoms with Crippen molar-refractivity contribution in [1.29, 1.82) is 0 Å². The van der Waals surface area contributed by atoms with Gasteiger partial charge in [-0.3, -0.25) is 9.59 Å². The number of nitrogens with one attached hydrogen (secondary N) is 1. The molecule has 27 heavy (non-hydrogen) atoms. The van der Waals surface area contributed by atoms with Crippen LogP contribution in [0.15, 0.2) is 36.4 Å². The minimum atomic E-state index is -4.83. The first-order valence-electron chi connectivity index (χ1n) is 7.53. The lowest BCUT2D eigenvalue weighted by atomic mass is 10.2. The van der Waals surface area contributed by atoms with Gasteiger partial charge >= 0.3 is 12.3 Å². The number of thiophene rings is 1. The predicted octanol–water partition coefficient (Wildman–Crippen LogP) is 3.32. The third kappa shape index (κ3) is 6.74. The van der Waals surface area contributed by atoms with E-state index < -0.39 is 30.5 Å². The van der Waals surface area contributed by atoms with Crippen LogP contribution in [0.2, 0.25) is 0 Å². The molecule has 1 aromatic carbocycles. The number of halogens is 3. The highest BCUT2D eigenvalue weighted by Crippen LogP contribution is 2.23. The van der Waals surface area contributed by atoms with Crippen molar-refractivity contribution in [3.63, 3.8) is 0 Å². The molecule has 0 bridgehead atoms. The maximum absolute atomic E-state index is 12.1. The van der Waals surface area contributed by atoms with Crippen molar-refractivity contribution < 1.29 is 37.0 Å². The lowest BCUT2D eigenvalue weighted by molar-refractivity contribution is -0.274. The van der Waals surface area contributed by atoms with E-state index in [1.165, 1.54) is 6.92 Å². The molecule has 0 spiro atoms. The molecule has 0 atom stereocenters. The summed E-state index contributed by atoms with van der Waals surface area (Å²) in [4.78, 5) is 35.9. The van der Waals surface area contributed by atoms with E-state index in [2.05, 4.69) is 10.1 Å². The highest BCUT2D eigenvalue weighted by atomic mass is 32.1. The Morgan fingerprint density at radius 1 is 1.07 bits per heavy atom. The van der Waals surface area contributed by atoms with Gasteiger partial charge in [0, 0.05) is 11.8 Å². The molecule has 0 aliphatic heterocycles. The third-order valence-corrected chi connectivity index (χ3v) is 4.23. The first-order chi connectivity index (χ1) is 12.6. The van der Waals surface area contributed by atoms with Gasteiger partial charge in [-0.2, -0.15) is 0 Å². The Kier molecular flexibility index (Phi) is 6.56. The molecule has 0 radical (unpaired) electrons. The zero-order valence-corrected chi connectivity index (χ0v) is 14.8. The molecule has 0 fully saturated rings. The van der Waals surface area contributed by atoms with Crippen molar-refractivity contribution in [2.75, 3.05) is 6.61 Å². The summed E-state index contributed by atoms with van der Waals surface area (Å²) in [6.45, 7) is 1.15. The summed E-state index contributed by atoms with van der Waals surface area (Å²) in [5.74, 6) is -1.95. The van der Waals surface area contributed by atoms with Crippen LogP contribution < -0.4 is 10.1 Å². The molecular formula is C17H14F3NO5S. The number of ether oxygens (including phenoxy) is 2. The van der Waals surface area contributed by atoms with E-state index in [0.717, 1.165) is 40.5 Å². The zero-order chi connectivity index (χ0) is 20.0. The van der Waals surface area contributed by atoms with Gasteiger partial charge in [0.25, 0.3) is 0 Å². The number of carbonyl (C=O) groups excluding carboxylic acids is 3. The second-order valence-electron chi connectivity index (χ2n) is 5.25. The van der Waals surface area contributed by atoms with Crippen LogP contribution in [-0.2, 0) is 16.1 Å². The quantitative estimate of drug-likeness (QED) is 0.569. The van der Waals surface area contributed by atoms with E-state index in [0.29, 0.717) is 11.4 Å². The monoisotopic (exact) mass is 401 g/mol. The summed E-state index contributed by atoms with van der Waals surface area (Å²) in [6.07, 6.45) is -4.83.